The van der Waals surface area contributed by atoms with E-state index in [0.29, 0.717) is 31.5 Å². The smallest absolute Gasteiger partial charge is 0.230 e. The van der Waals surface area contributed by atoms with Crippen molar-refractivity contribution in [3.63, 3.8) is 0 Å². The lowest BCUT2D eigenvalue weighted by Crippen LogP contribution is -2.49. The van der Waals surface area contributed by atoms with Gasteiger partial charge >= 0.3 is 0 Å². The van der Waals surface area contributed by atoms with Crippen molar-refractivity contribution in [2.75, 3.05) is 25.9 Å². The molecule has 2 fully saturated rings. The molecule has 0 saturated carbocycles. The summed E-state index contributed by atoms with van der Waals surface area (Å²) in [5, 5.41) is 0. The zero-order valence-corrected chi connectivity index (χ0v) is 14.3. The summed E-state index contributed by atoms with van der Waals surface area (Å²) in [6.07, 6.45) is 3.09. The number of hydrogen-bond donors (Lipinski definition) is 0. The summed E-state index contributed by atoms with van der Waals surface area (Å²) in [5.74, 6) is -1.94. The van der Waals surface area contributed by atoms with Gasteiger partial charge < -0.3 is 4.90 Å². The van der Waals surface area contributed by atoms with Crippen molar-refractivity contribution in [3.8, 4) is 0 Å². The standard InChI is InChI=1S/C16H20F2N2O3S/c1-24(22,23)20-8-6-16(11-20)5-2-7-19(15(16)21)10-12-3-4-13(17)14(18)9-12/h3-4,9H,2,5-8,10-11H2,1H3/t16-/m0/s1. The van der Waals surface area contributed by atoms with Crippen molar-refractivity contribution < 1.29 is 22.0 Å². The van der Waals surface area contributed by atoms with Gasteiger partial charge in [0.2, 0.25) is 15.9 Å². The number of nitrogens with zero attached hydrogens (tertiary/aromatic N) is 2. The van der Waals surface area contributed by atoms with Crippen LogP contribution in [0.1, 0.15) is 24.8 Å². The molecule has 1 amide bonds. The lowest BCUT2D eigenvalue weighted by molar-refractivity contribution is -0.146. The zero-order chi connectivity index (χ0) is 17.5. The number of likely N-dealkylation sites (tertiary alicyclic amines) is 1. The van der Waals surface area contributed by atoms with Gasteiger partial charge in [-0.3, -0.25) is 4.79 Å². The molecule has 132 valence electrons. The highest BCUT2D eigenvalue weighted by Gasteiger charge is 2.50. The minimum absolute atomic E-state index is 0.0929. The summed E-state index contributed by atoms with van der Waals surface area (Å²) in [6, 6.07) is 3.61. The topological polar surface area (TPSA) is 57.7 Å². The number of amides is 1. The summed E-state index contributed by atoms with van der Waals surface area (Å²) in [7, 11) is -3.32. The lowest BCUT2D eigenvalue weighted by atomic mass is 9.78. The molecule has 1 aromatic carbocycles. The van der Waals surface area contributed by atoms with Crippen LogP contribution in [-0.2, 0) is 21.4 Å². The van der Waals surface area contributed by atoms with Crippen molar-refractivity contribution in [2.45, 2.75) is 25.8 Å². The van der Waals surface area contributed by atoms with Gasteiger partial charge in [0.15, 0.2) is 11.6 Å². The Morgan fingerprint density at radius 2 is 1.92 bits per heavy atom. The fourth-order valence-corrected chi connectivity index (χ4v) is 4.56. The predicted molar refractivity (Wildman–Crippen MR) is 84.5 cm³/mol. The molecule has 2 aliphatic heterocycles. The Bertz CT molecular complexity index is 769. The number of sulfonamides is 1. The van der Waals surface area contributed by atoms with Crippen LogP contribution in [-0.4, -0.2) is 49.4 Å². The van der Waals surface area contributed by atoms with Gasteiger partial charge in [-0.25, -0.2) is 21.5 Å². The van der Waals surface area contributed by atoms with Crippen LogP contribution in [0.25, 0.3) is 0 Å². The quantitative estimate of drug-likeness (QED) is 0.827. The van der Waals surface area contributed by atoms with Gasteiger partial charge in [0.1, 0.15) is 0 Å². The van der Waals surface area contributed by atoms with Gasteiger partial charge in [0, 0.05) is 26.2 Å². The Balaban J connectivity index is 1.77. The van der Waals surface area contributed by atoms with Gasteiger partial charge in [0.25, 0.3) is 0 Å². The number of carbonyl (C=O) groups is 1. The molecule has 8 heteroatoms. The van der Waals surface area contributed by atoms with Crippen molar-refractivity contribution >= 4 is 15.9 Å². The maximum atomic E-state index is 13.4. The Hall–Kier alpha value is -1.54. The van der Waals surface area contributed by atoms with Crippen molar-refractivity contribution in [2.24, 2.45) is 5.41 Å². The third-order valence-corrected chi connectivity index (χ3v) is 6.22. The van der Waals surface area contributed by atoms with E-state index in [1.165, 1.54) is 10.4 Å². The molecule has 0 radical (unpaired) electrons. The van der Waals surface area contributed by atoms with Crippen molar-refractivity contribution in [1.29, 1.82) is 0 Å². The van der Waals surface area contributed by atoms with Crippen LogP contribution >= 0.6 is 0 Å². The first-order valence-corrected chi connectivity index (χ1v) is 9.75. The summed E-state index contributed by atoms with van der Waals surface area (Å²) >= 11 is 0. The number of rotatable bonds is 3. The molecule has 1 aromatic rings. The first-order chi connectivity index (χ1) is 11.2. The van der Waals surface area contributed by atoms with Crippen LogP contribution in [0.15, 0.2) is 18.2 Å². The molecule has 0 aromatic heterocycles. The average Bonchev–Trinajstić information content (AvgIpc) is 2.93. The van der Waals surface area contributed by atoms with Crippen LogP contribution in [0.5, 0.6) is 0 Å². The van der Waals surface area contributed by atoms with Crippen LogP contribution in [0, 0.1) is 17.0 Å². The minimum atomic E-state index is -3.32. The number of piperidine rings is 1. The fraction of sp³-hybridized carbons (Fsp3) is 0.562. The van der Waals surface area contributed by atoms with Crippen LogP contribution in [0.2, 0.25) is 0 Å². The lowest BCUT2D eigenvalue weighted by Gasteiger charge is -2.39. The largest absolute Gasteiger partial charge is 0.338 e. The summed E-state index contributed by atoms with van der Waals surface area (Å²) < 4.78 is 51.2. The third kappa shape index (κ3) is 3.17. The van der Waals surface area contributed by atoms with E-state index in [4.69, 9.17) is 0 Å². The Labute approximate surface area is 140 Å². The second-order valence-electron chi connectivity index (χ2n) is 6.71. The molecule has 2 aliphatic rings. The average molecular weight is 358 g/mol. The maximum Gasteiger partial charge on any atom is 0.230 e. The van der Waals surface area contributed by atoms with Gasteiger partial charge in [-0.1, -0.05) is 6.07 Å². The molecule has 24 heavy (non-hydrogen) atoms. The fourth-order valence-electron chi connectivity index (χ4n) is 3.66. The highest BCUT2D eigenvalue weighted by Crippen LogP contribution is 2.41. The van der Waals surface area contributed by atoms with E-state index in [1.54, 1.807) is 4.90 Å². The molecule has 2 saturated heterocycles. The number of halogens is 2. The molecule has 0 bridgehead atoms. The van der Waals surface area contributed by atoms with Crippen LogP contribution < -0.4 is 0 Å². The summed E-state index contributed by atoms with van der Waals surface area (Å²) in [4.78, 5) is 14.5. The highest BCUT2D eigenvalue weighted by atomic mass is 32.2. The molecule has 0 N–H and O–H groups in total. The molecule has 5 nitrogen and oxygen atoms in total. The monoisotopic (exact) mass is 358 g/mol. The molecule has 3 rings (SSSR count). The first-order valence-electron chi connectivity index (χ1n) is 7.90. The van der Waals surface area contributed by atoms with E-state index in [1.807, 2.05) is 0 Å². The van der Waals surface area contributed by atoms with Crippen molar-refractivity contribution in [3.05, 3.63) is 35.4 Å². The Kier molecular flexibility index (Phi) is 4.37. The first kappa shape index (κ1) is 17.3. The minimum Gasteiger partial charge on any atom is -0.338 e. The van der Waals surface area contributed by atoms with Gasteiger partial charge in [-0.2, -0.15) is 0 Å². The zero-order valence-electron chi connectivity index (χ0n) is 13.5. The van der Waals surface area contributed by atoms with Crippen molar-refractivity contribution in [1.82, 2.24) is 9.21 Å². The molecular formula is C16H20F2N2O3S. The van der Waals surface area contributed by atoms with E-state index in [9.17, 15) is 22.0 Å². The van der Waals surface area contributed by atoms with Gasteiger partial charge in [0.05, 0.1) is 11.7 Å². The highest BCUT2D eigenvalue weighted by molar-refractivity contribution is 7.88. The molecule has 0 unspecified atom stereocenters. The maximum absolute atomic E-state index is 13.4. The predicted octanol–water partition coefficient (Wildman–Crippen LogP) is 1.74. The number of carbonyl (C=O) groups excluding carboxylic acids is 1. The molecule has 1 spiro atoms. The van der Waals surface area contributed by atoms with E-state index in [0.717, 1.165) is 24.8 Å². The Morgan fingerprint density at radius 1 is 1.17 bits per heavy atom. The van der Waals surface area contributed by atoms with Gasteiger partial charge in [-0.05, 0) is 37.0 Å². The summed E-state index contributed by atoms with van der Waals surface area (Å²) in [5.41, 5.74) is -0.155. The molecule has 1 atom stereocenters. The second-order valence-corrected chi connectivity index (χ2v) is 8.69. The summed E-state index contributed by atoms with van der Waals surface area (Å²) in [6.45, 7) is 1.30. The van der Waals surface area contributed by atoms with E-state index < -0.39 is 27.1 Å². The van der Waals surface area contributed by atoms with E-state index >= 15 is 0 Å². The third-order valence-electron chi connectivity index (χ3n) is 4.97. The Morgan fingerprint density at radius 3 is 2.54 bits per heavy atom. The van der Waals surface area contributed by atoms with Crippen LogP contribution in [0.4, 0.5) is 8.78 Å². The number of hydrogen-bond acceptors (Lipinski definition) is 3. The number of benzene rings is 1. The van der Waals surface area contributed by atoms with Crippen LogP contribution in [0.3, 0.4) is 0 Å². The molecular weight excluding hydrogens is 338 g/mol. The van der Waals surface area contributed by atoms with E-state index in [-0.39, 0.29) is 19.0 Å². The molecule has 0 aliphatic carbocycles. The van der Waals surface area contributed by atoms with Gasteiger partial charge in [-0.15, -0.1) is 0 Å². The second kappa shape index (κ2) is 6.07. The molecule has 2 heterocycles. The SMILES string of the molecule is CS(=O)(=O)N1CC[C@@]2(CCCN(Cc3ccc(F)c(F)c3)C2=O)C1. The normalized spacial score (nSPS) is 25.6. The van der Waals surface area contributed by atoms with E-state index in [2.05, 4.69) is 0 Å².